The second-order valence-corrected chi connectivity index (χ2v) is 6.06. The lowest BCUT2D eigenvalue weighted by Gasteiger charge is -2.37. The van der Waals surface area contributed by atoms with Crippen molar-refractivity contribution >= 4 is 11.6 Å². The molecule has 3 rings (SSSR count). The van der Waals surface area contributed by atoms with Gasteiger partial charge in [-0.1, -0.05) is 54.1 Å². The Morgan fingerprint density at radius 1 is 1.05 bits per heavy atom. The second-order valence-electron chi connectivity index (χ2n) is 5.65. The largest absolute Gasteiger partial charge is 0.488 e. The molecular formula is C18H20ClNO. The number of hydrogen-bond donors (Lipinski definition) is 0. The average molecular weight is 302 g/mol. The first-order valence-electron chi connectivity index (χ1n) is 7.39. The Morgan fingerprint density at radius 3 is 2.52 bits per heavy atom. The first-order valence-corrected chi connectivity index (χ1v) is 7.76. The predicted octanol–water partition coefficient (Wildman–Crippen LogP) is 4.21. The molecule has 0 saturated carbocycles. The normalized spacial score (nSPS) is 23.0. The van der Waals surface area contributed by atoms with Gasteiger partial charge in [0.15, 0.2) is 0 Å². The Kier molecular flexibility index (Phi) is 4.47. The van der Waals surface area contributed by atoms with E-state index in [-0.39, 0.29) is 6.10 Å². The SMILES string of the molecule is CN1CC[C@H](Oc2ccccc2Cl)[C@@H](c2ccccc2)C1. The molecular weight excluding hydrogens is 282 g/mol. The molecule has 2 aromatic rings. The number of benzene rings is 2. The topological polar surface area (TPSA) is 12.5 Å². The molecule has 0 radical (unpaired) electrons. The van der Waals surface area contributed by atoms with Crippen LogP contribution in [0.1, 0.15) is 17.9 Å². The van der Waals surface area contributed by atoms with Crippen LogP contribution >= 0.6 is 11.6 Å². The van der Waals surface area contributed by atoms with Gasteiger partial charge >= 0.3 is 0 Å². The number of likely N-dealkylation sites (tertiary alicyclic amines) is 1. The number of rotatable bonds is 3. The van der Waals surface area contributed by atoms with Crippen LogP contribution in [-0.2, 0) is 0 Å². The minimum atomic E-state index is 0.170. The molecule has 0 amide bonds. The molecule has 0 unspecified atom stereocenters. The Bertz CT molecular complexity index is 587. The van der Waals surface area contributed by atoms with Crippen molar-refractivity contribution in [2.45, 2.75) is 18.4 Å². The molecule has 1 aliphatic heterocycles. The standard InChI is InChI=1S/C18H20ClNO/c1-20-12-11-17(21-18-10-6-5-9-16(18)19)15(13-20)14-7-3-2-4-8-14/h2-10,15,17H,11-13H2,1H3/t15-,17+/m1/s1. The van der Waals surface area contributed by atoms with Crippen LogP contribution in [0.15, 0.2) is 54.6 Å². The summed E-state index contributed by atoms with van der Waals surface area (Å²) in [4.78, 5) is 2.37. The third-order valence-corrected chi connectivity index (χ3v) is 4.41. The highest BCUT2D eigenvalue weighted by molar-refractivity contribution is 6.32. The van der Waals surface area contributed by atoms with E-state index in [1.54, 1.807) is 0 Å². The van der Waals surface area contributed by atoms with Crippen LogP contribution in [-0.4, -0.2) is 31.1 Å². The minimum Gasteiger partial charge on any atom is -0.488 e. The smallest absolute Gasteiger partial charge is 0.138 e. The monoisotopic (exact) mass is 301 g/mol. The second kappa shape index (κ2) is 6.50. The molecule has 1 fully saturated rings. The summed E-state index contributed by atoms with van der Waals surface area (Å²) >= 11 is 6.23. The fourth-order valence-corrected chi connectivity index (χ4v) is 3.14. The molecule has 21 heavy (non-hydrogen) atoms. The molecule has 0 bridgehead atoms. The van der Waals surface area contributed by atoms with E-state index in [1.807, 2.05) is 24.3 Å². The number of hydrogen-bond acceptors (Lipinski definition) is 2. The summed E-state index contributed by atoms with van der Waals surface area (Å²) in [6.07, 6.45) is 1.19. The molecule has 1 heterocycles. The highest BCUT2D eigenvalue weighted by Gasteiger charge is 2.30. The molecule has 1 aliphatic rings. The maximum absolute atomic E-state index is 6.24. The van der Waals surface area contributed by atoms with Crippen molar-refractivity contribution in [1.29, 1.82) is 0 Å². The van der Waals surface area contributed by atoms with Crippen LogP contribution in [0.4, 0.5) is 0 Å². The fraction of sp³-hybridized carbons (Fsp3) is 0.333. The lowest BCUT2D eigenvalue weighted by molar-refractivity contribution is 0.0903. The van der Waals surface area contributed by atoms with Crippen LogP contribution in [0.25, 0.3) is 0 Å². The number of halogens is 1. The van der Waals surface area contributed by atoms with Gasteiger partial charge in [0.05, 0.1) is 5.02 Å². The zero-order valence-corrected chi connectivity index (χ0v) is 13.0. The fourth-order valence-electron chi connectivity index (χ4n) is 2.96. The van der Waals surface area contributed by atoms with Crippen molar-refractivity contribution in [2.75, 3.05) is 20.1 Å². The molecule has 0 spiro atoms. The Labute approximate surface area is 131 Å². The molecule has 110 valence electrons. The average Bonchev–Trinajstić information content (AvgIpc) is 2.52. The van der Waals surface area contributed by atoms with E-state index in [0.29, 0.717) is 10.9 Å². The van der Waals surface area contributed by atoms with Crippen molar-refractivity contribution < 1.29 is 4.74 Å². The van der Waals surface area contributed by atoms with Crippen molar-refractivity contribution in [3.8, 4) is 5.75 Å². The summed E-state index contributed by atoms with van der Waals surface area (Å²) in [5, 5.41) is 0.684. The summed E-state index contributed by atoms with van der Waals surface area (Å²) in [7, 11) is 2.17. The van der Waals surface area contributed by atoms with Gasteiger partial charge < -0.3 is 9.64 Å². The third kappa shape index (κ3) is 3.39. The van der Waals surface area contributed by atoms with Gasteiger partial charge in [0, 0.05) is 19.0 Å². The number of likely N-dealkylation sites (N-methyl/N-ethyl adjacent to an activating group) is 1. The molecule has 0 aliphatic carbocycles. The first kappa shape index (κ1) is 14.4. The minimum absolute atomic E-state index is 0.170. The van der Waals surface area contributed by atoms with E-state index in [9.17, 15) is 0 Å². The van der Waals surface area contributed by atoms with E-state index in [0.717, 1.165) is 25.3 Å². The van der Waals surface area contributed by atoms with Crippen molar-refractivity contribution in [2.24, 2.45) is 0 Å². The Morgan fingerprint density at radius 2 is 1.76 bits per heavy atom. The lowest BCUT2D eigenvalue weighted by Crippen LogP contribution is -2.42. The summed E-state index contributed by atoms with van der Waals surface area (Å²) in [6, 6.07) is 18.3. The van der Waals surface area contributed by atoms with E-state index >= 15 is 0 Å². The summed E-state index contributed by atoms with van der Waals surface area (Å²) in [5.41, 5.74) is 1.33. The van der Waals surface area contributed by atoms with Crippen LogP contribution in [0, 0.1) is 0 Å². The highest BCUT2D eigenvalue weighted by Crippen LogP contribution is 2.32. The Balaban J connectivity index is 1.83. The van der Waals surface area contributed by atoms with Crippen molar-refractivity contribution in [3.05, 3.63) is 65.2 Å². The van der Waals surface area contributed by atoms with Crippen LogP contribution in [0.2, 0.25) is 5.02 Å². The molecule has 3 heteroatoms. The number of nitrogens with zero attached hydrogens (tertiary/aromatic N) is 1. The quantitative estimate of drug-likeness (QED) is 0.842. The van der Waals surface area contributed by atoms with Crippen LogP contribution in [0.5, 0.6) is 5.75 Å². The van der Waals surface area contributed by atoms with Gasteiger partial charge in [-0.3, -0.25) is 0 Å². The van der Waals surface area contributed by atoms with E-state index < -0.39 is 0 Å². The summed E-state index contributed by atoms with van der Waals surface area (Å²) in [5.74, 6) is 1.16. The molecule has 0 aromatic heterocycles. The van der Waals surface area contributed by atoms with Gasteiger partial charge in [0.2, 0.25) is 0 Å². The van der Waals surface area contributed by atoms with Gasteiger partial charge in [-0.25, -0.2) is 0 Å². The van der Waals surface area contributed by atoms with E-state index in [4.69, 9.17) is 16.3 Å². The molecule has 1 saturated heterocycles. The molecule has 0 N–H and O–H groups in total. The van der Waals surface area contributed by atoms with Gasteiger partial charge in [-0.05, 0) is 31.2 Å². The van der Waals surface area contributed by atoms with Gasteiger partial charge in [0.25, 0.3) is 0 Å². The molecule has 2 nitrogen and oxygen atoms in total. The van der Waals surface area contributed by atoms with Crippen LogP contribution < -0.4 is 4.74 Å². The number of ether oxygens (including phenoxy) is 1. The number of para-hydroxylation sites is 1. The number of piperidine rings is 1. The van der Waals surface area contributed by atoms with Gasteiger partial charge in [-0.2, -0.15) is 0 Å². The Hall–Kier alpha value is -1.51. The van der Waals surface area contributed by atoms with Crippen molar-refractivity contribution in [3.63, 3.8) is 0 Å². The van der Waals surface area contributed by atoms with E-state index in [2.05, 4.69) is 42.3 Å². The highest BCUT2D eigenvalue weighted by atomic mass is 35.5. The molecule has 2 atom stereocenters. The predicted molar refractivity (Wildman–Crippen MR) is 87.2 cm³/mol. The van der Waals surface area contributed by atoms with Gasteiger partial charge in [0.1, 0.15) is 11.9 Å². The van der Waals surface area contributed by atoms with Gasteiger partial charge in [-0.15, -0.1) is 0 Å². The summed E-state index contributed by atoms with van der Waals surface area (Å²) in [6.45, 7) is 2.07. The summed E-state index contributed by atoms with van der Waals surface area (Å²) < 4.78 is 6.24. The van der Waals surface area contributed by atoms with Crippen molar-refractivity contribution in [1.82, 2.24) is 4.90 Å². The van der Waals surface area contributed by atoms with Crippen LogP contribution in [0.3, 0.4) is 0 Å². The maximum Gasteiger partial charge on any atom is 0.138 e. The molecule has 2 aromatic carbocycles. The van der Waals surface area contributed by atoms with E-state index in [1.165, 1.54) is 5.56 Å². The zero-order valence-electron chi connectivity index (χ0n) is 12.2. The third-order valence-electron chi connectivity index (χ3n) is 4.10. The zero-order chi connectivity index (χ0) is 14.7. The first-order chi connectivity index (χ1) is 10.2. The maximum atomic E-state index is 6.24. The lowest BCUT2D eigenvalue weighted by atomic mass is 9.88.